The minimum absolute atomic E-state index is 0.0273. The number of aliphatic imine (C=N–C) groups is 2. The minimum Gasteiger partial charge on any atom is -0.497 e. The lowest BCUT2D eigenvalue weighted by atomic mass is 9.95. The quantitative estimate of drug-likeness (QED) is 0.474. The van der Waals surface area contributed by atoms with Crippen LogP contribution in [0.15, 0.2) is 58.5 Å². The molecule has 3 amide bonds. The van der Waals surface area contributed by atoms with Crippen molar-refractivity contribution >= 4 is 46.2 Å². The number of carbonyl (C=O) groups is 3. The van der Waals surface area contributed by atoms with Crippen LogP contribution in [-0.2, 0) is 20.9 Å². The lowest BCUT2D eigenvalue weighted by Crippen LogP contribution is -2.45. The van der Waals surface area contributed by atoms with E-state index in [1.165, 1.54) is 23.1 Å². The topological polar surface area (TPSA) is 112 Å². The van der Waals surface area contributed by atoms with Crippen molar-refractivity contribution in [3.05, 3.63) is 59.7 Å². The van der Waals surface area contributed by atoms with Gasteiger partial charge in [-0.2, -0.15) is 0 Å². The van der Waals surface area contributed by atoms with Crippen molar-refractivity contribution in [1.82, 2.24) is 15.5 Å². The molecule has 2 aliphatic heterocycles. The highest BCUT2D eigenvalue weighted by molar-refractivity contribution is 8.15. The zero-order valence-electron chi connectivity index (χ0n) is 22.9. The molecule has 2 heterocycles. The molecule has 0 radical (unpaired) electrons. The van der Waals surface area contributed by atoms with E-state index < -0.39 is 11.3 Å². The number of para-hydroxylation sites is 1. The van der Waals surface area contributed by atoms with Crippen LogP contribution in [0.5, 0.6) is 5.75 Å². The Morgan fingerprint density at radius 2 is 1.85 bits per heavy atom. The first-order chi connectivity index (χ1) is 19.5. The average Bonchev–Trinajstić information content (AvgIpc) is 3.31. The fourth-order valence-electron chi connectivity index (χ4n) is 5.20. The van der Waals surface area contributed by atoms with Crippen LogP contribution in [0.1, 0.15) is 63.0 Å². The monoisotopic (exact) mass is 561 g/mol. The van der Waals surface area contributed by atoms with Gasteiger partial charge in [-0.25, -0.2) is 9.89 Å². The molecule has 2 unspecified atom stereocenters. The number of ether oxygens (including phenoxy) is 1. The lowest BCUT2D eigenvalue weighted by molar-refractivity contribution is -0.128. The van der Waals surface area contributed by atoms with E-state index in [9.17, 15) is 14.4 Å². The largest absolute Gasteiger partial charge is 0.497 e. The fourth-order valence-corrected chi connectivity index (χ4v) is 6.23. The number of rotatable bonds is 9. The highest BCUT2D eigenvalue weighted by atomic mass is 32.2. The molecule has 5 rings (SSSR count). The summed E-state index contributed by atoms with van der Waals surface area (Å²) in [5.74, 6) is 0.620. The van der Waals surface area contributed by atoms with Gasteiger partial charge in [0.2, 0.25) is 11.8 Å². The van der Waals surface area contributed by atoms with Crippen LogP contribution in [-0.4, -0.2) is 58.1 Å². The Hall–Kier alpha value is -3.66. The normalized spacial score (nSPS) is 19.2. The molecule has 0 bridgehead atoms. The summed E-state index contributed by atoms with van der Waals surface area (Å²) in [6.07, 6.45) is 6.01. The Morgan fingerprint density at radius 3 is 2.58 bits per heavy atom. The predicted molar refractivity (Wildman–Crippen MR) is 157 cm³/mol. The van der Waals surface area contributed by atoms with Crippen molar-refractivity contribution in [3.8, 4) is 5.75 Å². The van der Waals surface area contributed by atoms with Crippen LogP contribution >= 0.6 is 11.8 Å². The molecule has 2 atom stereocenters. The van der Waals surface area contributed by atoms with Gasteiger partial charge in [0.15, 0.2) is 5.17 Å². The highest BCUT2D eigenvalue weighted by Gasteiger charge is 2.43. The van der Waals surface area contributed by atoms with Crippen molar-refractivity contribution < 1.29 is 19.1 Å². The molecular formula is C30H35N5O4S. The molecule has 210 valence electrons. The Balaban J connectivity index is 1.29. The van der Waals surface area contributed by atoms with Gasteiger partial charge >= 0.3 is 0 Å². The molecule has 0 spiro atoms. The van der Waals surface area contributed by atoms with Crippen LogP contribution in [0.2, 0.25) is 0 Å². The molecule has 0 saturated heterocycles. The van der Waals surface area contributed by atoms with Crippen LogP contribution in [0.25, 0.3) is 0 Å². The van der Waals surface area contributed by atoms with E-state index >= 15 is 0 Å². The number of benzene rings is 2. The number of hydrogen-bond donors (Lipinski definition) is 2. The number of hydrogen-bond acceptors (Lipinski definition) is 7. The molecule has 40 heavy (non-hydrogen) atoms. The standard InChI is InChI=1S/C30H35N5O4S/c1-3-25(28(37)32-20-9-5-4-6-10-20)40-30-34-23-12-8-7-11-22(23)27-33-24(29(38)35(27)30)17-26(36)31-18-19-13-15-21(39-2)16-14-19/h7-8,11-16,20,24-25H,3-6,9-10,17-18H2,1-2H3,(H,31,36)(H,32,37). The Bertz CT molecular complexity index is 1320. The molecule has 3 aliphatic rings. The van der Waals surface area contributed by atoms with Gasteiger partial charge in [-0.05, 0) is 49.1 Å². The van der Waals surface area contributed by atoms with Crippen molar-refractivity contribution in [2.75, 3.05) is 7.11 Å². The molecule has 2 N–H and O–H groups in total. The third-order valence-electron chi connectivity index (χ3n) is 7.44. The summed E-state index contributed by atoms with van der Waals surface area (Å²) in [6, 6.07) is 14.3. The molecule has 1 aliphatic carbocycles. The zero-order valence-corrected chi connectivity index (χ0v) is 23.7. The van der Waals surface area contributed by atoms with Gasteiger partial charge in [-0.3, -0.25) is 19.4 Å². The summed E-state index contributed by atoms with van der Waals surface area (Å²) < 4.78 is 5.18. The van der Waals surface area contributed by atoms with E-state index in [4.69, 9.17) is 14.7 Å². The SMILES string of the molecule is CCC(SC1=Nc2ccccc2C2=NC(CC(=O)NCc3ccc(OC)cc3)C(=O)N12)C(=O)NC1CCCCC1. The van der Waals surface area contributed by atoms with Crippen molar-refractivity contribution in [3.63, 3.8) is 0 Å². The van der Waals surface area contributed by atoms with Crippen molar-refractivity contribution in [2.24, 2.45) is 9.98 Å². The summed E-state index contributed by atoms with van der Waals surface area (Å²) >= 11 is 1.29. The van der Waals surface area contributed by atoms with Crippen LogP contribution < -0.4 is 15.4 Å². The van der Waals surface area contributed by atoms with Gasteiger partial charge < -0.3 is 15.4 Å². The second-order valence-electron chi connectivity index (χ2n) is 10.2. The third-order valence-corrected chi connectivity index (χ3v) is 8.75. The molecule has 1 saturated carbocycles. The van der Waals surface area contributed by atoms with E-state index in [1.54, 1.807) is 7.11 Å². The first-order valence-electron chi connectivity index (χ1n) is 13.9. The van der Waals surface area contributed by atoms with E-state index in [-0.39, 0.29) is 30.2 Å². The Morgan fingerprint density at radius 1 is 1.10 bits per heavy atom. The van der Waals surface area contributed by atoms with E-state index in [0.29, 0.717) is 29.7 Å². The Labute approximate surface area is 238 Å². The number of methoxy groups -OCH3 is 1. The van der Waals surface area contributed by atoms with E-state index in [0.717, 1.165) is 42.6 Å². The lowest BCUT2D eigenvalue weighted by Gasteiger charge is -2.29. The van der Waals surface area contributed by atoms with Crippen LogP contribution in [0.4, 0.5) is 5.69 Å². The molecule has 2 aromatic rings. The summed E-state index contributed by atoms with van der Waals surface area (Å²) in [4.78, 5) is 50.6. The zero-order chi connectivity index (χ0) is 28.1. The van der Waals surface area contributed by atoms with Gasteiger partial charge in [0.1, 0.15) is 17.6 Å². The summed E-state index contributed by atoms with van der Waals surface area (Å²) in [6.45, 7) is 2.30. The minimum atomic E-state index is -0.862. The average molecular weight is 562 g/mol. The number of fused-ring (bicyclic) bond motifs is 3. The van der Waals surface area contributed by atoms with Gasteiger partial charge in [-0.1, -0.05) is 62.2 Å². The summed E-state index contributed by atoms with van der Waals surface area (Å²) in [7, 11) is 1.60. The van der Waals surface area contributed by atoms with E-state index in [1.807, 2.05) is 55.5 Å². The van der Waals surface area contributed by atoms with Crippen LogP contribution in [0, 0.1) is 0 Å². The maximum Gasteiger partial charge on any atom is 0.259 e. The molecule has 1 fully saturated rings. The van der Waals surface area contributed by atoms with Gasteiger partial charge in [0.05, 0.1) is 24.5 Å². The first-order valence-corrected chi connectivity index (χ1v) is 14.8. The van der Waals surface area contributed by atoms with E-state index in [2.05, 4.69) is 10.6 Å². The van der Waals surface area contributed by atoms with Crippen molar-refractivity contribution in [2.45, 2.75) is 75.7 Å². The second-order valence-corrected chi connectivity index (χ2v) is 11.4. The maximum absolute atomic E-state index is 13.6. The summed E-state index contributed by atoms with van der Waals surface area (Å²) in [5.41, 5.74) is 2.36. The highest BCUT2D eigenvalue weighted by Crippen LogP contribution is 2.35. The third kappa shape index (κ3) is 6.22. The number of carbonyl (C=O) groups excluding carboxylic acids is 3. The smallest absolute Gasteiger partial charge is 0.259 e. The second kappa shape index (κ2) is 12.7. The molecule has 10 heteroatoms. The van der Waals surface area contributed by atoms with Crippen LogP contribution in [0.3, 0.4) is 0 Å². The summed E-state index contributed by atoms with van der Waals surface area (Å²) in [5, 5.41) is 6.12. The number of amides is 3. The first kappa shape index (κ1) is 27.9. The maximum atomic E-state index is 13.6. The van der Waals surface area contributed by atoms with Crippen molar-refractivity contribution in [1.29, 1.82) is 0 Å². The number of thioether (sulfide) groups is 1. The fraction of sp³-hybridized carbons (Fsp3) is 0.433. The number of nitrogens with zero attached hydrogens (tertiary/aromatic N) is 3. The van der Waals surface area contributed by atoms with Gasteiger partial charge in [0, 0.05) is 18.2 Å². The van der Waals surface area contributed by atoms with Gasteiger partial charge in [-0.15, -0.1) is 0 Å². The predicted octanol–water partition coefficient (Wildman–Crippen LogP) is 4.32. The Kier molecular flexibility index (Phi) is 8.84. The molecule has 9 nitrogen and oxygen atoms in total. The molecular weight excluding hydrogens is 526 g/mol. The van der Waals surface area contributed by atoms with Gasteiger partial charge in [0.25, 0.3) is 5.91 Å². The number of amidine groups is 2. The molecule has 0 aromatic heterocycles. The number of nitrogens with one attached hydrogen (secondary N) is 2. The molecule has 2 aromatic carbocycles.